The van der Waals surface area contributed by atoms with Crippen molar-refractivity contribution in [3.05, 3.63) is 65.5 Å². The summed E-state index contributed by atoms with van der Waals surface area (Å²) in [4.78, 5) is 39.5. The third-order valence-electron chi connectivity index (χ3n) is 3.79. The highest BCUT2D eigenvalue weighted by atomic mass is 79.9. The van der Waals surface area contributed by atoms with Gasteiger partial charge in [-0.2, -0.15) is 0 Å². The summed E-state index contributed by atoms with van der Waals surface area (Å²) in [5.74, 6) is 0. The first kappa shape index (κ1) is 16.1. The van der Waals surface area contributed by atoms with Crippen LogP contribution < -0.4 is 11.2 Å². The summed E-state index contributed by atoms with van der Waals surface area (Å²) in [5.41, 5.74) is 0.180. The number of fused-ring (bicyclic) bond motifs is 1. The molecule has 10 heteroatoms. The molecule has 1 aromatic carbocycles. The molecule has 0 radical (unpaired) electrons. The van der Waals surface area contributed by atoms with E-state index in [1.807, 2.05) is 0 Å². The Hall–Kier alpha value is -2.75. The number of nitro groups is 1. The second-order valence-electron chi connectivity index (χ2n) is 5.27. The molecular weight excluding hydrogens is 382 g/mol. The van der Waals surface area contributed by atoms with E-state index in [2.05, 4.69) is 20.9 Å². The van der Waals surface area contributed by atoms with Crippen LogP contribution in [0.4, 0.5) is 5.69 Å². The fourth-order valence-corrected chi connectivity index (χ4v) is 2.81. The molecule has 0 bridgehead atoms. The molecule has 2 heterocycles. The number of aromatic nitrogens is 4. The van der Waals surface area contributed by atoms with Gasteiger partial charge in [-0.3, -0.25) is 24.0 Å². The van der Waals surface area contributed by atoms with Gasteiger partial charge in [0.05, 0.1) is 11.5 Å². The lowest BCUT2D eigenvalue weighted by atomic mass is 10.2. The van der Waals surface area contributed by atoms with E-state index >= 15 is 0 Å². The molecule has 9 nitrogen and oxygen atoms in total. The molecule has 0 spiro atoms. The van der Waals surface area contributed by atoms with Gasteiger partial charge < -0.3 is 4.57 Å². The van der Waals surface area contributed by atoms with Crippen LogP contribution in [0, 0.1) is 10.1 Å². The lowest BCUT2D eigenvalue weighted by Gasteiger charge is -2.08. The summed E-state index contributed by atoms with van der Waals surface area (Å²) in [7, 11) is 3.21. The molecule has 3 rings (SSSR count). The second kappa shape index (κ2) is 5.71. The first-order valence-electron chi connectivity index (χ1n) is 6.86. The molecule has 0 fully saturated rings. The molecular formula is C14H12BrN5O4. The van der Waals surface area contributed by atoms with Crippen molar-refractivity contribution in [3.63, 3.8) is 0 Å². The lowest BCUT2D eigenvalue weighted by molar-refractivity contribution is -0.384. The highest BCUT2D eigenvalue weighted by molar-refractivity contribution is 9.10. The Labute approximate surface area is 143 Å². The van der Waals surface area contributed by atoms with Crippen molar-refractivity contribution >= 4 is 32.8 Å². The maximum absolute atomic E-state index is 12.7. The van der Waals surface area contributed by atoms with Gasteiger partial charge in [0.2, 0.25) is 0 Å². The normalized spacial score (nSPS) is 11.1. The van der Waals surface area contributed by atoms with Crippen molar-refractivity contribution in [1.29, 1.82) is 0 Å². The third kappa shape index (κ3) is 2.44. The Morgan fingerprint density at radius 1 is 1.17 bits per heavy atom. The van der Waals surface area contributed by atoms with Crippen molar-refractivity contribution in [2.24, 2.45) is 14.1 Å². The largest absolute Gasteiger partial charge is 0.332 e. The minimum Gasteiger partial charge on any atom is -0.316 e. The first-order valence-corrected chi connectivity index (χ1v) is 7.65. The molecule has 0 aliphatic carbocycles. The summed E-state index contributed by atoms with van der Waals surface area (Å²) in [6.45, 7) is 0.0161. The second-order valence-corrected chi connectivity index (χ2v) is 5.98. The number of aryl methyl sites for hydroxylation is 2. The van der Waals surface area contributed by atoms with Crippen LogP contribution in [-0.2, 0) is 20.6 Å². The van der Waals surface area contributed by atoms with E-state index in [0.717, 1.165) is 4.57 Å². The minimum absolute atomic E-state index is 0.0161. The number of halogens is 1. The number of nitro benzene ring substituents is 1. The number of benzene rings is 1. The zero-order valence-corrected chi connectivity index (χ0v) is 14.3. The van der Waals surface area contributed by atoms with Gasteiger partial charge in [-0.15, -0.1) is 0 Å². The van der Waals surface area contributed by atoms with Crippen molar-refractivity contribution in [1.82, 2.24) is 18.7 Å². The highest BCUT2D eigenvalue weighted by Gasteiger charge is 2.17. The Balaban J connectivity index is 2.16. The van der Waals surface area contributed by atoms with E-state index in [1.165, 1.54) is 35.9 Å². The van der Waals surface area contributed by atoms with Crippen LogP contribution in [0.5, 0.6) is 0 Å². The summed E-state index contributed by atoms with van der Waals surface area (Å²) in [5, 5.41) is 10.7. The molecule has 0 amide bonds. The number of imidazole rings is 1. The maximum atomic E-state index is 12.7. The van der Waals surface area contributed by atoms with Gasteiger partial charge in [-0.25, -0.2) is 9.78 Å². The number of non-ortho nitro benzene ring substituents is 1. The van der Waals surface area contributed by atoms with Crippen molar-refractivity contribution in [3.8, 4) is 0 Å². The summed E-state index contributed by atoms with van der Waals surface area (Å²) >= 11 is 3.24. The number of rotatable bonds is 3. The molecule has 0 N–H and O–H groups in total. The zero-order chi connectivity index (χ0) is 17.6. The standard InChI is InChI=1S/C14H12BrN5O4/c1-17-10-11(16-13(17)15)18(2)14(22)19(12(10)21)7-8-3-5-9(6-4-8)20(23)24/h3-6H,7H2,1-2H3. The molecule has 2 aromatic heterocycles. The summed E-state index contributed by atoms with van der Waals surface area (Å²) in [6, 6.07) is 5.72. The molecule has 124 valence electrons. The molecule has 0 aliphatic heterocycles. The Bertz CT molecular complexity index is 1080. The van der Waals surface area contributed by atoms with Gasteiger partial charge >= 0.3 is 5.69 Å². The predicted molar refractivity (Wildman–Crippen MR) is 90.1 cm³/mol. The number of hydrogen-bond donors (Lipinski definition) is 0. The minimum atomic E-state index is -0.506. The number of nitrogens with zero attached hydrogens (tertiary/aromatic N) is 5. The first-order chi connectivity index (χ1) is 11.3. The van der Waals surface area contributed by atoms with Crippen LogP contribution in [0.1, 0.15) is 5.56 Å². The predicted octanol–water partition coefficient (Wildman–Crippen LogP) is 1.15. The van der Waals surface area contributed by atoms with Gasteiger partial charge in [0, 0.05) is 26.2 Å². The fraction of sp³-hybridized carbons (Fsp3) is 0.214. The van der Waals surface area contributed by atoms with Gasteiger partial charge in [0.25, 0.3) is 11.2 Å². The van der Waals surface area contributed by atoms with Crippen LogP contribution in [0.15, 0.2) is 38.6 Å². The Morgan fingerprint density at radius 3 is 2.38 bits per heavy atom. The quantitative estimate of drug-likeness (QED) is 0.377. The monoisotopic (exact) mass is 393 g/mol. The van der Waals surface area contributed by atoms with E-state index in [-0.39, 0.29) is 12.2 Å². The van der Waals surface area contributed by atoms with E-state index in [1.54, 1.807) is 11.6 Å². The Kier molecular flexibility index (Phi) is 3.84. The molecule has 0 unspecified atom stereocenters. The van der Waals surface area contributed by atoms with Gasteiger partial charge in [-0.05, 0) is 21.5 Å². The van der Waals surface area contributed by atoms with Crippen LogP contribution in [0.3, 0.4) is 0 Å². The Morgan fingerprint density at radius 2 is 1.79 bits per heavy atom. The average Bonchev–Trinajstić information content (AvgIpc) is 2.85. The van der Waals surface area contributed by atoms with Crippen LogP contribution >= 0.6 is 15.9 Å². The van der Waals surface area contributed by atoms with E-state index in [0.29, 0.717) is 21.5 Å². The van der Waals surface area contributed by atoms with Crippen molar-refractivity contribution in [2.45, 2.75) is 6.54 Å². The van der Waals surface area contributed by atoms with Crippen LogP contribution in [0.25, 0.3) is 11.2 Å². The molecule has 0 saturated heterocycles. The van der Waals surface area contributed by atoms with Gasteiger partial charge in [-0.1, -0.05) is 12.1 Å². The van der Waals surface area contributed by atoms with Crippen LogP contribution in [-0.4, -0.2) is 23.6 Å². The average molecular weight is 394 g/mol. The maximum Gasteiger partial charge on any atom is 0.332 e. The summed E-state index contributed by atoms with van der Waals surface area (Å²) in [6.07, 6.45) is 0. The molecule has 3 aromatic rings. The third-order valence-corrected chi connectivity index (χ3v) is 4.50. The molecule has 0 atom stereocenters. The van der Waals surface area contributed by atoms with E-state index in [9.17, 15) is 19.7 Å². The van der Waals surface area contributed by atoms with Crippen molar-refractivity contribution in [2.75, 3.05) is 0 Å². The molecule has 0 saturated carbocycles. The fourth-order valence-electron chi connectivity index (χ4n) is 2.46. The highest BCUT2D eigenvalue weighted by Crippen LogP contribution is 2.15. The van der Waals surface area contributed by atoms with Gasteiger partial charge in [0.1, 0.15) is 0 Å². The van der Waals surface area contributed by atoms with E-state index < -0.39 is 16.2 Å². The summed E-state index contributed by atoms with van der Waals surface area (Å²) < 4.78 is 4.38. The van der Waals surface area contributed by atoms with Gasteiger partial charge in [0.15, 0.2) is 15.9 Å². The molecule has 0 aliphatic rings. The smallest absolute Gasteiger partial charge is 0.316 e. The van der Waals surface area contributed by atoms with Crippen molar-refractivity contribution < 1.29 is 4.92 Å². The molecule has 24 heavy (non-hydrogen) atoms. The van der Waals surface area contributed by atoms with E-state index in [4.69, 9.17) is 0 Å². The number of hydrogen-bond acceptors (Lipinski definition) is 5. The topological polar surface area (TPSA) is 105 Å². The zero-order valence-electron chi connectivity index (χ0n) is 12.8. The SMILES string of the molecule is Cn1c(Br)nc2c1c(=O)n(Cc1ccc([N+](=O)[O-])cc1)c(=O)n2C. The lowest BCUT2D eigenvalue weighted by Crippen LogP contribution is -2.39. The van der Waals surface area contributed by atoms with Crippen LogP contribution in [0.2, 0.25) is 0 Å².